The standard InChI is InChI=1S/C28H26N6O3/c1-16-13-34(17(2)26(16)27(29)36)14-21-20-10-19(8-9-22(20)33-28(21)37)23-11-30-12-25(31-23)32-24(15-35)18-6-4-3-5-7-18/h3-14,24,35H,15H2,1-2H3,(H2,29,36)(H,31,32)(H,33,37). The summed E-state index contributed by atoms with van der Waals surface area (Å²) in [6.07, 6.45) is 6.74. The van der Waals surface area contributed by atoms with Crippen LogP contribution < -0.4 is 16.4 Å². The third kappa shape index (κ3) is 4.60. The van der Waals surface area contributed by atoms with Gasteiger partial charge >= 0.3 is 0 Å². The highest BCUT2D eigenvalue weighted by Gasteiger charge is 2.26. The molecule has 0 saturated heterocycles. The van der Waals surface area contributed by atoms with Gasteiger partial charge in [0.1, 0.15) is 5.82 Å². The number of hydrogen-bond acceptors (Lipinski definition) is 6. The minimum atomic E-state index is -0.506. The molecule has 2 aromatic carbocycles. The maximum Gasteiger partial charge on any atom is 0.257 e. The number of aliphatic hydroxyl groups is 1. The van der Waals surface area contributed by atoms with Gasteiger partial charge < -0.3 is 26.0 Å². The molecule has 0 fully saturated rings. The second-order valence-electron chi connectivity index (χ2n) is 8.88. The lowest BCUT2D eigenvalue weighted by atomic mass is 10.0. The average Bonchev–Trinajstić information content (AvgIpc) is 3.37. The van der Waals surface area contributed by atoms with Crippen LogP contribution in [-0.2, 0) is 4.79 Å². The van der Waals surface area contributed by atoms with Crippen LogP contribution >= 0.6 is 0 Å². The third-order valence-electron chi connectivity index (χ3n) is 6.43. The molecular weight excluding hydrogens is 468 g/mol. The van der Waals surface area contributed by atoms with E-state index in [9.17, 15) is 14.7 Å². The number of aromatic nitrogens is 3. The van der Waals surface area contributed by atoms with E-state index < -0.39 is 5.91 Å². The first-order chi connectivity index (χ1) is 17.9. The van der Waals surface area contributed by atoms with Crippen molar-refractivity contribution in [2.24, 2.45) is 5.73 Å². The van der Waals surface area contributed by atoms with Gasteiger partial charge in [0.25, 0.3) is 11.8 Å². The van der Waals surface area contributed by atoms with Crippen molar-refractivity contribution >= 4 is 35.1 Å². The van der Waals surface area contributed by atoms with Crippen LogP contribution in [-0.4, -0.2) is 38.1 Å². The number of amides is 2. The van der Waals surface area contributed by atoms with Gasteiger partial charge in [0, 0.05) is 34.9 Å². The molecule has 1 aliphatic heterocycles. The highest BCUT2D eigenvalue weighted by atomic mass is 16.3. The summed E-state index contributed by atoms with van der Waals surface area (Å²) in [5, 5.41) is 16.0. The SMILES string of the molecule is Cc1cn(C=C2C(=O)Nc3ccc(-c4cncc(NC(CO)c5ccccc5)n4)cc32)c(C)c1C(N)=O. The third-order valence-corrected chi connectivity index (χ3v) is 6.43. The zero-order valence-corrected chi connectivity index (χ0v) is 20.4. The smallest absolute Gasteiger partial charge is 0.257 e. The molecule has 0 spiro atoms. The number of nitrogens with zero attached hydrogens (tertiary/aromatic N) is 3. The number of primary amides is 1. The Morgan fingerprint density at radius 3 is 2.68 bits per heavy atom. The Labute approximate surface area is 213 Å². The second kappa shape index (κ2) is 9.71. The van der Waals surface area contributed by atoms with Crippen LogP contribution in [0.2, 0.25) is 0 Å². The first-order valence-electron chi connectivity index (χ1n) is 11.8. The Hall–Kier alpha value is -4.76. The lowest BCUT2D eigenvalue weighted by molar-refractivity contribution is -0.110. The Bertz CT molecular complexity index is 1540. The molecular formula is C28H26N6O3. The molecule has 3 heterocycles. The van der Waals surface area contributed by atoms with E-state index in [1.54, 1.807) is 36.3 Å². The monoisotopic (exact) mass is 494 g/mol. The Balaban J connectivity index is 1.48. The van der Waals surface area contributed by atoms with Crippen molar-refractivity contribution in [3.05, 3.63) is 95.1 Å². The van der Waals surface area contributed by atoms with Crippen LogP contribution in [0.1, 0.15) is 38.8 Å². The minimum Gasteiger partial charge on any atom is -0.394 e. The first-order valence-corrected chi connectivity index (χ1v) is 11.8. The number of nitrogens with one attached hydrogen (secondary N) is 2. The molecule has 186 valence electrons. The van der Waals surface area contributed by atoms with Crippen LogP contribution in [0.4, 0.5) is 11.5 Å². The van der Waals surface area contributed by atoms with Crippen LogP contribution in [0.15, 0.2) is 67.1 Å². The maximum absolute atomic E-state index is 12.8. The molecule has 9 heteroatoms. The molecule has 37 heavy (non-hydrogen) atoms. The van der Waals surface area contributed by atoms with Crippen molar-refractivity contribution in [2.75, 3.05) is 17.2 Å². The number of hydrogen-bond donors (Lipinski definition) is 4. The highest BCUT2D eigenvalue weighted by molar-refractivity contribution is 6.34. The average molecular weight is 495 g/mol. The molecule has 5 N–H and O–H groups in total. The molecule has 0 aliphatic carbocycles. The van der Waals surface area contributed by atoms with Gasteiger partial charge in [0.2, 0.25) is 0 Å². The van der Waals surface area contributed by atoms with Crippen molar-refractivity contribution in [2.45, 2.75) is 19.9 Å². The van der Waals surface area contributed by atoms with Gasteiger partial charge in [0.05, 0.1) is 41.9 Å². The molecule has 1 atom stereocenters. The summed E-state index contributed by atoms with van der Waals surface area (Å²) >= 11 is 0. The number of benzene rings is 2. The number of anilines is 2. The van der Waals surface area contributed by atoms with Gasteiger partial charge in [-0.3, -0.25) is 14.6 Å². The molecule has 4 aromatic rings. The summed E-state index contributed by atoms with van der Waals surface area (Å²) in [4.78, 5) is 33.7. The van der Waals surface area contributed by atoms with Crippen molar-refractivity contribution < 1.29 is 14.7 Å². The number of carbonyl (C=O) groups excluding carboxylic acids is 2. The lowest BCUT2D eigenvalue weighted by Crippen LogP contribution is -2.15. The summed E-state index contributed by atoms with van der Waals surface area (Å²) in [5.74, 6) is -0.231. The first kappa shape index (κ1) is 24.0. The molecule has 2 amide bonds. The van der Waals surface area contributed by atoms with Crippen LogP contribution in [0.3, 0.4) is 0 Å². The minimum absolute atomic E-state index is 0.105. The highest BCUT2D eigenvalue weighted by Crippen LogP contribution is 2.36. The molecule has 0 radical (unpaired) electrons. The fraction of sp³-hybridized carbons (Fsp3) is 0.143. The van der Waals surface area contributed by atoms with Crippen LogP contribution in [0, 0.1) is 13.8 Å². The second-order valence-corrected chi connectivity index (χ2v) is 8.88. The van der Waals surface area contributed by atoms with E-state index in [0.29, 0.717) is 39.6 Å². The van der Waals surface area contributed by atoms with Gasteiger partial charge in [-0.2, -0.15) is 0 Å². The number of nitrogens with two attached hydrogens (primary N) is 1. The summed E-state index contributed by atoms with van der Waals surface area (Å²) in [6, 6.07) is 14.9. The molecule has 0 saturated carbocycles. The Morgan fingerprint density at radius 2 is 1.97 bits per heavy atom. The summed E-state index contributed by atoms with van der Waals surface area (Å²) in [7, 11) is 0. The zero-order chi connectivity index (χ0) is 26.1. The van der Waals surface area contributed by atoms with E-state index in [1.807, 2.05) is 55.5 Å². The number of fused-ring (bicyclic) bond motifs is 1. The zero-order valence-electron chi connectivity index (χ0n) is 20.4. The topological polar surface area (TPSA) is 135 Å². The Kier molecular flexibility index (Phi) is 6.29. The van der Waals surface area contributed by atoms with Gasteiger partial charge in [-0.15, -0.1) is 0 Å². The quantitative estimate of drug-likeness (QED) is 0.289. The Morgan fingerprint density at radius 1 is 1.19 bits per heavy atom. The van der Waals surface area contributed by atoms with Gasteiger partial charge in [-0.25, -0.2) is 4.98 Å². The number of carbonyl (C=O) groups is 2. The van der Waals surface area contributed by atoms with E-state index in [-0.39, 0.29) is 18.6 Å². The van der Waals surface area contributed by atoms with E-state index in [2.05, 4.69) is 15.6 Å². The summed E-state index contributed by atoms with van der Waals surface area (Å²) < 4.78 is 1.75. The van der Waals surface area contributed by atoms with E-state index in [0.717, 1.165) is 16.7 Å². The van der Waals surface area contributed by atoms with E-state index in [4.69, 9.17) is 10.7 Å². The summed E-state index contributed by atoms with van der Waals surface area (Å²) in [5.41, 5.74) is 11.5. The van der Waals surface area contributed by atoms with Gasteiger partial charge in [0.15, 0.2) is 0 Å². The molecule has 1 unspecified atom stereocenters. The number of aryl methyl sites for hydroxylation is 1. The number of rotatable bonds is 7. The molecule has 2 aromatic heterocycles. The van der Waals surface area contributed by atoms with E-state index in [1.165, 1.54) is 0 Å². The van der Waals surface area contributed by atoms with Crippen molar-refractivity contribution in [3.63, 3.8) is 0 Å². The molecule has 0 bridgehead atoms. The molecule has 1 aliphatic rings. The summed E-state index contributed by atoms with van der Waals surface area (Å²) in [6.45, 7) is 3.49. The van der Waals surface area contributed by atoms with Gasteiger partial charge in [-0.05, 0) is 37.1 Å². The predicted molar refractivity (Wildman–Crippen MR) is 143 cm³/mol. The van der Waals surface area contributed by atoms with E-state index >= 15 is 0 Å². The fourth-order valence-electron chi connectivity index (χ4n) is 4.58. The molecule has 5 rings (SSSR count). The van der Waals surface area contributed by atoms with Crippen molar-refractivity contribution in [1.29, 1.82) is 0 Å². The van der Waals surface area contributed by atoms with Gasteiger partial charge in [-0.1, -0.05) is 36.4 Å². The lowest BCUT2D eigenvalue weighted by Gasteiger charge is -2.17. The van der Waals surface area contributed by atoms with Crippen molar-refractivity contribution in [3.8, 4) is 11.3 Å². The number of aliphatic hydroxyl groups excluding tert-OH is 1. The predicted octanol–water partition coefficient (Wildman–Crippen LogP) is 3.76. The van der Waals surface area contributed by atoms with Crippen molar-refractivity contribution in [1.82, 2.24) is 14.5 Å². The largest absolute Gasteiger partial charge is 0.394 e. The van der Waals surface area contributed by atoms with Crippen LogP contribution in [0.5, 0.6) is 0 Å². The fourth-order valence-corrected chi connectivity index (χ4v) is 4.58. The van der Waals surface area contributed by atoms with Crippen LogP contribution in [0.25, 0.3) is 23.0 Å². The molecule has 9 nitrogen and oxygen atoms in total. The maximum atomic E-state index is 12.8. The normalized spacial score (nSPS) is 14.4.